The highest BCUT2D eigenvalue weighted by Crippen LogP contribution is 2.23. The van der Waals surface area contributed by atoms with Crippen molar-refractivity contribution in [3.63, 3.8) is 0 Å². The Balaban J connectivity index is 1.70. The van der Waals surface area contributed by atoms with E-state index >= 15 is 0 Å². The van der Waals surface area contributed by atoms with Crippen LogP contribution in [0.1, 0.15) is 56.6 Å². The summed E-state index contributed by atoms with van der Waals surface area (Å²) in [6.07, 6.45) is 6.13. The van der Waals surface area contributed by atoms with Gasteiger partial charge in [0.15, 0.2) is 0 Å². The summed E-state index contributed by atoms with van der Waals surface area (Å²) in [6, 6.07) is 15.3. The predicted molar refractivity (Wildman–Crippen MR) is 141 cm³/mol. The lowest BCUT2D eigenvalue weighted by Crippen LogP contribution is -2.52. The first-order chi connectivity index (χ1) is 16.0. The number of benzene rings is 2. The normalized spacial score (nSPS) is 15.1. The molecule has 0 unspecified atom stereocenters. The summed E-state index contributed by atoms with van der Waals surface area (Å²) in [5, 5.41) is 3.83. The lowest BCUT2D eigenvalue weighted by molar-refractivity contribution is -0.139. The van der Waals surface area contributed by atoms with E-state index in [2.05, 4.69) is 33.4 Å². The standard InChI is InChI=1S/C26H32BrClN2O2S/c1-2-24(26(32)29-22-9-4-3-5-10-22)30(16-20-8-6-7-11-23(20)28)25(31)18-33-17-19-12-14-21(27)15-13-19/h6-8,11-15,22,24H,2-5,9-10,16-18H2,1H3,(H,29,32)/t24-/m0/s1. The van der Waals surface area contributed by atoms with Gasteiger partial charge in [-0.3, -0.25) is 9.59 Å². The molecular weight excluding hydrogens is 520 g/mol. The fourth-order valence-electron chi connectivity index (χ4n) is 4.19. The zero-order valence-corrected chi connectivity index (χ0v) is 22.2. The van der Waals surface area contributed by atoms with Gasteiger partial charge >= 0.3 is 0 Å². The second-order valence-corrected chi connectivity index (χ2v) is 10.8. The number of hydrogen-bond donors (Lipinski definition) is 1. The van der Waals surface area contributed by atoms with Crippen LogP contribution in [0.25, 0.3) is 0 Å². The second kappa shape index (κ2) is 13.4. The number of thioether (sulfide) groups is 1. The minimum absolute atomic E-state index is 0.0392. The van der Waals surface area contributed by atoms with E-state index in [0.29, 0.717) is 23.7 Å². The monoisotopic (exact) mass is 550 g/mol. The van der Waals surface area contributed by atoms with Crippen molar-refractivity contribution < 1.29 is 9.59 Å². The summed E-state index contributed by atoms with van der Waals surface area (Å²) < 4.78 is 1.04. The number of amides is 2. The van der Waals surface area contributed by atoms with Crippen LogP contribution in [0.3, 0.4) is 0 Å². The molecule has 1 fully saturated rings. The van der Waals surface area contributed by atoms with E-state index in [1.807, 2.05) is 43.3 Å². The number of hydrogen-bond acceptors (Lipinski definition) is 3. The molecule has 7 heteroatoms. The molecule has 2 aromatic carbocycles. The Hall–Kier alpha value is -1.50. The Morgan fingerprint density at radius 3 is 2.48 bits per heavy atom. The van der Waals surface area contributed by atoms with E-state index in [1.54, 1.807) is 16.7 Å². The van der Waals surface area contributed by atoms with E-state index in [9.17, 15) is 9.59 Å². The molecule has 0 bridgehead atoms. The van der Waals surface area contributed by atoms with E-state index in [-0.39, 0.29) is 17.9 Å². The smallest absolute Gasteiger partial charge is 0.243 e. The van der Waals surface area contributed by atoms with Gasteiger partial charge in [-0.1, -0.05) is 84.0 Å². The Morgan fingerprint density at radius 2 is 1.82 bits per heavy atom. The van der Waals surface area contributed by atoms with Crippen molar-refractivity contribution in [2.45, 2.75) is 69.8 Å². The number of carbonyl (C=O) groups excluding carboxylic acids is 2. The van der Waals surface area contributed by atoms with Gasteiger partial charge in [0, 0.05) is 27.8 Å². The van der Waals surface area contributed by atoms with Crippen LogP contribution < -0.4 is 5.32 Å². The molecule has 4 nitrogen and oxygen atoms in total. The van der Waals surface area contributed by atoms with Crippen LogP contribution in [-0.2, 0) is 21.9 Å². The molecule has 0 spiro atoms. The highest BCUT2D eigenvalue weighted by Gasteiger charge is 2.30. The molecule has 0 saturated heterocycles. The largest absolute Gasteiger partial charge is 0.352 e. The van der Waals surface area contributed by atoms with Crippen LogP contribution in [-0.4, -0.2) is 34.6 Å². The third kappa shape index (κ3) is 8.04. The van der Waals surface area contributed by atoms with Crippen molar-refractivity contribution >= 4 is 51.1 Å². The van der Waals surface area contributed by atoms with Gasteiger partial charge in [0.1, 0.15) is 6.04 Å². The third-order valence-corrected chi connectivity index (χ3v) is 7.93. The molecule has 1 saturated carbocycles. The van der Waals surface area contributed by atoms with Crippen molar-refractivity contribution in [2.75, 3.05) is 5.75 Å². The number of nitrogens with zero attached hydrogens (tertiary/aromatic N) is 1. The van der Waals surface area contributed by atoms with Crippen molar-refractivity contribution in [1.82, 2.24) is 10.2 Å². The zero-order chi connectivity index (χ0) is 23.6. The maximum Gasteiger partial charge on any atom is 0.243 e. The van der Waals surface area contributed by atoms with Crippen molar-refractivity contribution in [2.24, 2.45) is 0 Å². The Morgan fingerprint density at radius 1 is 1.12 bits per heavy atom. The van der Waals surface area contributed by atoms with Crippen molar-refractivity contribution in [1.29, 1.82) is 0 Å². The lowest BCUT2D eigenvalue weighted by atomic mass is 9.95. The summed E-state index contributed by atoms with van der Waals surface area (Å²) in [4.78, 5) is 28.3. The van der Waals surface area contributed by atoms with Crippen LogP contribution in [0.2, 0.25) is 5.02 Å². The van der Waals surface area contributed by atoms with Gasteiger partial charge in [0.25, 0.3) is 0 Å². The lowest BCUT2D eigenvalue weighted by Gasteiger charge is -2.33. The first kappa shape index (κ1) is 26.1. The van der Waals surface area contributed by atoms with Crippen LogP contribution in [0.15, 0.2) is 53.0 Å². The van der Waals surface area contributed by atoms with Gasteiger partial charge in [-0.25, -0.2) is 0 Å². The van der Waals surface area contributed by atoms with Crippen LogP contribution >= 0.6 is 39.3 Å². The van der Waals surface area contributed by atoms with Crippen LogP contribution in [0.5, 0.6) is 0 Å². The van der Waals surface area contributed by atoms with E-state index in [0.717, 1.165) is 47.0 Å². The molecule has 2 amide bonds. The summed E-state index contributed by atoms with van der Waals surface area (Å²) >= 11 is 11.4. The van der Waals surface area contributed by atoms with Gasteiger partial charge in [-0.2, -0.15) is 0 Å². The second-order valence-electron chi connectivity index (χ2n) is 8.50. The minimum Gasteiger partial charge on any atom is -0.352 e. The van der Waals surface area contributed by atoms with E-state index < -0.39 is 6.04 Å². The Labute approximate surface area is 215 Å². The predicted octanol–water partition coefficient (Wildman–Crippen LogP) is 6.59. The van der Waals surface area contributed by atoms with Gasteiger partial charge in [0.05, 0.1) is 5.75 Å². The fourth-order valence-corrected chi connectivity index (χ4v) is 5.52. The van der Waals surface area contributed by atoms with Crippen molar-refractivity contribution in [3.8, 4) is 0 Å². The molecule has 2 aromatic rings. The Bertz CT molecular complexity index is 919. The molecule has 3 rings (SSSR count). The molecule has 33 heavy (non-hydrogen) atoms. The molecule has 1 N–H and O–H groups in total. The maximum atomic E-state index is 13.4. The molecule has 0 aliphatic heterocycles. The Kier molecular flexibility index (Phi) is 10.6. The van der Waals surface area contributed by atoms with E-state index in [4.69, 9.17) is 11.6 Å². The summed E-state index contributed by atoms with van der Waals surface area (Å²) in [7, 11) is 0. The zero-order valence-electron chi connectivity index (χ0n) is 19.1. The quantitative estimate of drug-likeness (QED) is 0.362. The van der Waals surface area contributed by atoms with Gasteiger partial charge in [-0.05, 0) is 48.6 Å². The minimum atomic E-state index is -0.510. The van der Waals surface area contributed by atoms with Gasteiger partial charge in [0.2, 0.25) is 11.8 Å². The van der Waals surface area contributed by atoms with E-state index in [1.165, 1.54) is 6.42 Å². The molecular formula is C26H32BrClN2O2S. The highest BCUT2D eigenvalue weighted by molar-refractivity contribution is 9.10. The van der Waals surface area contributed by atoms with Gasteiger partial charge in [-0.15, -0.1) is 11.8 Å². The average molecular weight is 552 g/mol. The maximum absolute atomic E-state index is 13.4. The molecule has 0 radical (unpaired) electrons. The van der Waals surface area contributed by atoms with Crippen LogP contribution in [0.4, 0.5) is 0 Å². The third-order valence-electron chi connectivity index (χ3n) is 6.04. The number of halogens is 2. The number of carbonyl (C=O) groups is 2. The molecule has 0 heterocycles. The molecule has 0 aromatic heterocycles. The van der Waals surface area contributed by atoms with Gasteiger partial charge < -0.3 is 10.2 Å². The highest BCUT2D eigenvalue weighted by atomic mass is 79.9. The summed E-state index contributed by atoms with van der Waals surface area (Å²) in [5.74, 6) is 0.961. The topological polar surface area (TPSA) is 49.4 Å². The summed E-state index contributed by atoms with van der Waals surface area (Å²) in [6.45, 7) is 2.29. The fraction of sp³-hybridized carbons (Fsp3) is 0.462. The molecule has 1 aliphatic carbocycles. The van der Waals surface area contributed by atoms with Crippen LogP contribution in [0, 0.1) is 0 Å². The first-order valence-electron chi connectivity index (χ1n) is 11.6. The molecule has 178 valence electrons. The first-order valence-corrected chi connectivity index (χ1v) is 14.0. The molecule has 1 atom stereocenters. The number of nitrogens with one attached hydrogen (secondary N) is 1. The number of rotatable bonds is 10. The molecule has 1 aliphatic rings. The van der Waals surface area contributed by atoms with Crippen molar-refractivity contribution in [3.05, 3.63) is 69.2 Å². The SMILES string of the molecule is CC[C@@H](C(=O)NC1CCCCC1)N(Cc1ccccc1Cl)C(=O)CSCc1ccc(Br)cc1. The average Bonchev–Trinajstić information content (AvgIpc) is 2.82. The summed E-state index contributed by atoms with van der Waals surface area (Å²) in [5.41, 5.74) is 2.02.